The molecule has 0 atom stereocenters. The molecular formula is C9H7F3O. The van der Waals surface area contributed by atoms with Crippen LogP contribution < -0.4 is 4.74 Å². The molecule has 0 bridgehead atoms. The van der Waals surface area contributed by atoms with Gasteiger partial charge in [0, 0.05) is 6.42 Å². The number of hydrogen-bond donors (Lipinski definition) is 0. The molecule has 1 aromatic carbocycles. The van der Waals surface area contributed by atoms with E-state index in [4.69, 9.17) is 4.74 Å². The first-order valence-corrected chi connectivity index (χ1v) is 3.91. The number of ether oxygens (including phenoxy) is 1. The van der Waals surface area contributed by atoms with E-state index in [2.05, 4.69) is 0 Å². The van der Waals surface area contributed by atoms with E-state index in [1.54, 1.807) is 6.07 Å². The number of alkyl halides is 3. The van der Waals surface area contributed by atoms with Gasteiger partial charge < -0.3 is 4.74 Å². The van der Waals surface area contributed by atoms with Crippen LogP contribution in [0.3, 0.4) is 0 Å². The number of para-hydroxylation sites is 1. The second-order valence-corrected chi connectivity index (χ2v) is 2.89. The fraction of sp³-hybridized carbons (Fsp3) is 0.333. The van der Waals surface area contributed by atoms with Gasteiger partial charge in [-0.2, -0.15) is 13.2 Å². The van der Waals surface area contributed by atoms with Gasteiger partial charge in [-0.25, -0.2) is 0 Å². The maximum atomic E-state index is 12.4. The summed E-state index contributed by atoms with van der Waals surface area (Å²) in [5.74, 6) is 0.00926. The summed E-state index contributed by atoms with van der Waals surface area (Å²) in [6, 6.07) is 4.12. The van der Waals surface area contributed by atoms with Crippen LogP contribution >= 0.6 is 0 Å². The van der Waals surface area contributed by atoms with E-state index in [9.17, 15) is 13.2 Å². The molecule has 0 saturated heterocycles. The van der Waals surface area contributed by atoms with E-state index in [0.717, 1.165) is 6.07 Å². The SMILES string of the molecule is FC(F)(F)c1cccc2c1OCC2. The molecule has 0 N–H and O–H groups in total. The van der Waals surface area contributed by atoms with Gasteiger partial charge in [-0.1, -0.05) is 12.1 Å². The van der Waals surface area contributed by atoms with Gasteiger partial charge in [-0.15, -0.1) is 0 Å². The van der Waals surface area contributed by atoms with Gasteiger partial charge in [0.15, 0.2) is 0 Å². The van der Waals surface area contributed by atoms with Crippen molar-refractivity contribution in [1.29, 1.82) is 0 Å². The van der Waals surface area contributed by atoms with Crippen molar-refractivity contribution < 1.29 is 17.9 Å². The van der Waals surface area contributed by atoms with Crippen LogP contribution in [0, 0.1) is 0 Å². The summed E-state index contributed by atoms with van der Waals surface area (Å²) in [6.07, 6.45) is -3.74. The Labute approximate surface area is 73.1 Å². The van der Waals surface area contributed by atoms with Crippen molar-refractivity contribution >= 4 is 0 Å². The number of rotatable bonds is 0. The third-order valence-corrected chi connectivity index (χ3v) is 2.02. The number of hydrogen-bond acceptors (Lipinski definition) is 1. The van der Waals surface area contributed by atoms with Crippen molar-refractivity contribution in [2.45, 2.75) is 12.6 Å². The smallest absolute Gasteiger partial charge is 0.419 e. The minimum atomic E-state index is -4.31. The highest BCUT2D eigenvalue weighted by atomic mass is 19.4. The molecule has 70 valence electrons. The zero-order valence-electron chi connectivity index (χ0n) is 6.69. The normalized spacial score (nSPS) is 15.3. The monoisotopic (exact) mass is 188 g/mol. The molecule has 1 aromatic rings. The topological polar surface area (TPSA) is 9.23 Å². The lowest BCUT2D eigenvalue weighted by Crippen LogP contribution is -2.06. The predicted molar refractivity (Wildman–Crippen MR) is 40.6 cm³/mol. The van der Waals surface area contributed by atoms with E-state index < -0.39 is 11.7 Å². The van der Waals surface area contributed by atoms with Crippen LogP contribution in [0.2, 0.25) is 0 Å². The fourth-order valence-corrected chi connectivity index (χ4v) is 1.44. The minimum Gasteiger partial charge on any atom is -0.492 e. The second kappa shape index (κ2) is 2.65. The zero-order valence-corrected chi connectivity index (χ0v) is 6.69. The van der Waals surface area contributed by atoms with E-state index in [1.807, 2.05) is 0 Å². The maximum absolute atomic E-state index is 12.4. The summed E-state index contributed by atoms with van der Waals surface area (Å²) < 4.78 is 42.0. The van der Waals surface area contributed by atoms with Crippen LogP contribution in [0.5, 0.6) is 5.75 Å². The van der Waals surface area contributed by atoms with Crippen LogP contribution in [-0.4, -0.2) is 6.61 Å². The lowest BCUT2D eigenvalue weighted by atomic mass is 10.1. The summed E-state index contributed by atoms with van der Waals surface area (Å²) in [6.45, 7) is 0.350. The minimum absolute atomic E-state index is 0.00926. The summed E-state index contributed by atoms with van der Waals surface area (Å²) in [5.41, 5.74) is -0.0164. The van der Waals surface area contributed by atoms with Gasteiger partial charge in [-0.05, 0) is 11.6 Å². The first kappa shape index (κ1) is 8.41. The van der Waals surface area contributed by atoms with Gasteiger partial charge in [0.25, 0.3) is 0 Å². The first-order chi connectivity index (χ1) is 6.09. The lowest BCUT2D eigenvalue weighted by molar-refractivity contribution is -0.138. The van der Waals surface area contributed by atoms with Crippen LogP contribution in [0.15, 0.2) is 18.2 Å². The van der Waals surface area contributed by atoms with Crippen LogP contribution in [0.4, 0.5) is 13.2 Å². The molecule has 13 heavy (non-hydrogen) atoms. The molecule has 0 aliphatic carbocycles. The highest BCUT2D eigenvalue weighted by Gasteiger charge is 2.36. The van der Waals surface area contributed by atoms with Gasteiger partial charge in [-0.3, -0.25) is 0 Å². The standard InChI is InChI=1S/C9H7F3O/c10-9(11,12)7-3-1-2-6-4-5-13-8(6)7/h1-3H,4-5H2. The molecule has 0 aromatic heterocycles. The second-order valence-electron chi connectivity index (χ2n) is 2.89. The van der Waals surface area contributed by atoms with Crippen molar-refractivity contribution in [2.24, 2.45) is 0 Å². The molecule has 0 unspecified atom stereocenters. The number of halogens is 3. The maximum Gasteiger partial charge on any atom is 0.419 e. The Hall–Kier alpha value is -1.19. The van der Waals surface area contributed by atoms with Crippen molar-refractivity contribution in [2.75, 3.05) is 6.61 Å². The molecule has 0 radical (unpaired) electrons. The zero-order chi connectivity index (χ0) is 9.47. The third kappa shape index (κ3) is 1.36. The number of fused-ring (bicyclic) bond motifs is 1. The van der Waals surface area contributed by atoms with Crippen molar-refractivity contribution in [3.63, 3.8) is 0 Å². The average Bonchev–Trinajstić information content (AvgIpc) is 2.48. The van der Waals surface area contributed by atoms with Crippen molar-refractivity contribution in [3.8, 4) is 5.75 Å². The summed E-state index contributed by atoms with van der Waals surface area (Å²) in [7, 11) is 0. The highest BCUT2D eigenvalue weighted by molar-refractivity contribution is 5.45. The molecule has 4 heteroatoms. The Morgan fingerprint density at radius 1 is 1.23 bits per heavy atom. The van der Waals surface area contributed by atoms with Gasteiger partial charge in [0.05, 0.1) is 12.2 Å². The summed E-state index contributed by atoms with van der Waals surface area (Å²) >= 11 is 0. The molecule has 0 spiro atoms. The Balaban J connectivity index is 2.54. The van der Waals surface area contributed by atoms with Crippen LogP contribution in [-0.2, 0) is 12.6 Å². The van der Waals surface area contributed by atoms with Crippen LogP contribution in [0.25, 0.3) is 0 Å². The predicted octanol–water partition coefficient (Wildman–Crippen LogP) is 2.64. The Morgan fingerprint density at radius 2 is 2.00 bits per heavy atom. The third-order valence-electron chi connectivity index (χ3n) is 2.02. The number of benzene rings is 1. The molecule has 1 aliphatic rings. The van der Waals surface area contributed by atoms with Crippen molar-refractivity contribution in [1.82, 2.24) is 0 Å². The Bertz CT molecular complexity index is 330. The quantitative estimate of drug-likeness (QED) is 0.608. The van der Waals surface area contributed by atoms with Gasteiger partial charge in [0.1, 0.15) is 5.75 Å². The molecular weight excluding hydrogens is 181 g/mol. The summed E-state index contributed by atoms with van der Waals surface area (Å²) in [5, 5.41) is 0. The molecule has 0 fully saturated rings. The van der Waals surface area contributed by atoms with E-state index >= 15 is 0 Å². The Morgan fingerprint density at radius 3 is 2.69 bits per heavy atom. The fourth-order valence-electron chi connectivity index (χ4n) is 1.44. The first-order valence-electron chi connectivity index (χ1n) is 3.91. The lowest BCUT2D eigenvalue weighted by Gasteiger charge is -2.10. The molecule has 1 heterocycles. The van der Waals surface area contributed by atoms with Crippen LogP contribution in [0.1, 0.15) is 11.1 Å². The van der Waals surface area contributed by atoms with Crippen molar-refractivity contribution in [3.05, 3.63) is 29.3 Å². The molecule has 2 rings (SSSR count). The molecule has 1 nitrogen and oxygen atoms in total. The Kier molecular flexibility index (Phi) is 1.71. The molecule has 1 aliphatic heterocycles. The molecule has 0 saturated carbocycles. The van der Waals surface area contributed by atoms with Gasteiger partial charge in [0.2, 0.25) is 0 Å². The van der Waals surface area contributed by atoms with E-state index in [-0.39, 0.29) is 5.75 Å². The van der Waals surface area contributed by atoms with E-state index in [1.165, 1.54) is 6.07 Å². The van der Waals surface area contributed by atoms with Gasteiger partial charge >= 0.3 is 6.18 Å². The largest absolute Gasteiger partial charge is 0.492 e. The average molecular weight is 188 g/mol. The molecule has 0 amide bonds. The van der Waals surface area contributed by atoms with E-state index in [0.29, 0.717) is 18.6 Å². The highest BCUT2D eigenvalue weighted by Crippen LogP contribution is 2.40. The summed E-state index contributed by atoms with van der Waals surface area (Å²) in [4.78, 5) is 0.